The normalized spacial score (nSPS) is 17.9. The van der Waals surface area contributed by atoms with Gasteiger partial charge in [-0.1, -0.05) is 17.7 Å². The van der Waals surface area contributed by atoms with Crippen molar-refractivity contribution in [3.05, 3.63) is 56.5 Å². The van der Waals surface area contributed by atoms with Crippen molar-refractivity contribution in [3.63, 3.8) is 0 Å². The third-order valence-corrected chi connectivity index (χ3v) is 5.00. The zero-order valence-corrected chi connectivity index (χ0v) is 13.5. The number of nitrogens with zero attached hydrogens (tertiary/aromatic N) is 1. The van der Waals surface area contributed by atoms with Gasteiger partial charge in [0.05, 0.1) is 6.04 Å². The first-order chi connectivity index (χ1) is 10.2. The molecule has 0 saturated carbocycles. The van der Waals surface area contributed by atoms with Crippen LogP contribution in [-0.4, -0.2) is 31.1 Å². The van der Waals surface area contributed by atoms with Gasteiger partial charge in [0.25, 0.3) is 0 Å². The van der Waals surface area contributed by atoms with E-state index in [1.807, 2.05) is 5.38 Å². The number of piperazine rings is 1. The molecule has 1 aliphatic heterocycles. The Morgan fingerprint density at radius 1 is 1.29 bits per heavy atom. The van der Waals surface area contributed by atoms with Gasteiger partial charge < -0.3 is 5.32 Å². The van der Waals surface area contributed by atoms with E-state index in [0.717, 1.165) is 31.7 Å². The fourth-order valence-electron chi connectivity index (χ4n) is 2.86. The maximum Gasteiger partial charge on any atom is 0.132 e. The molecule has 0 aliphatic carbocycles. The molecule has 0 spiro atoms. The minimum absolute atomic E-state index is 0.106. The Hall–Kier alpha value is -0.940. The van der Waals surface area contributed by atoms with E-state index in [9.17, 15) is 4.39 Å². The molecule has 2 nitrogen and oxygen atoms in total. The topological polar surface area (TPSA) is 15.3 Å². The highest BCUT2D eigenvalue weighted by atomic mass is 35.5. The SMILES string of the molecule is Cc1ccc(Cl)c([C@H](c2ccsc2)N2CCNCC2)c1F. The first-order valence-corrected chi connectivity index (χ1v) is 8.42. The Labute approximate surface area is 133 Å². The lowest BCUT2D eigenvalue weighted by molar-refractivity contribution is 0.195. The van der Waals surface area contributed by atoms with Crippen LogP contribution in [0.5, 0.6) is 0 Å². The first kappa shape index (κ1) is 15.0. The second-order valence-electron chi connectivity index (χ2n) is 5.34. The average Bonchev–Trinajstić information content (AvgIpc) is 3.02. The number of rotatable bonds is 3. The van der Waals surface area contributed by atoms with Crippen LogP contribution in [0.1, 0.15) is 22.7 Å². The van der Waals surface area contributed by atoms with Crippen LogP contribution >= 0.6 is 22.9 Å². The number of halogens is 2. The zero-order chi connectivity index (χ0) is 14.8. The summed E-state index contributed by atoms with van der Waals surface area (Å²) in [6, 6.07) is 5.50. The molecule has 0 bridgehead atoms. The quantitative estimate of drug-likeness (QED) is 0.922. The highest BCUT2D eigenvalue weighted by Crippen LogP contribution is 2.37. The number of nitrogens with one attached hydrogen (secondary N) is 1. The van der Waals surface area contributed by atoms with Crippen LogP contribution in [0.2, 0.25) is 5.02 Å². The minimum Gasteiger partial charge on any atom is -0.314 e. The fraction of sp³-hybridized carbons (Fsp3) is 0.375. The molecule has 0 unspecified atom stereocenters. The summed E-state index contributed by atoms with van der Waals surface area (Å²) in [4.78, 5) is 2.31. The first-order valence-electron chi connectivity index (χ1n) is 7.10. The predicted octanol–water partition coefficient (Wildman–Crippen LogP) is 3.84. The molecule has 112 valence electrons. The second kappa shape index (κ2) is 6.44. The predicted molar refractivity (Wildman–Crippen MR) is 86.8 cm³/mol. The van der Waals surface area contributed by atoms with E-state index in [4.69, 9.17) is 11.6 Å². The van der Waals surface area contributed by atoms with Crippen LogP contribution < -0.4 is 5.32 Å². The van der Waals surface area contributed by atoms with Crippen molar-refractivity contribution in [2.75, 3.05) is 26.2 Å². The molecule has 2 aromatic rings. The summed E-state index contributed by atoms with van der Waals surface area (Å²) in [6.45, 7) is 5.42. The maximum atomic E-state index is 14.7. The van der Waals surface area contributed by atoms with Crippen molar-refractivity contribution in [1.82, 2.24) is 10.2 Å². The van der Waals surface area contributed by atoms with Crippen molar-refractivity contribution < 1.29 is 4.39 Å². The summed E-state index contributed by atoms with van der Waals surface area (Å²) < 4.78 is 14.7. The summed E-state index contributed by atoms with van der Waals surface area (Å²) in [5.74, 6) is -0.183. The molecule has 0 amide bonds. The second-order valence-corrected chi connectivity index (χ2v) is 6.52. The van der Waals surface area contributed by atoms with Crippen molar-refractivity contribution in [2.45, 2.75) is 13.0 Å². The molecule has 1 aromatic carbocycles. The lowest BCUT2D eigenvalue weighted by atomic mass is 9.96. The summed E-state index contributed by atoms with van der Waals surface area (Å²) in [5.41, 5.74) is 2.37. The summed E-state index contributed by atoms with van der Waals surface area (Å²) >= 11 is 7.99. The zero-order valence-electron chi connectivity index (χ0n) is 11.9. The van der Waals surface area contributed by atoms with Gasteiger partial charge in [-0.25, -0.2) is 4.39 Å². The summed E-state index contributed by atoms with van der Waals surface area (Å²) in [7, 11) is 0. The van der Waals surface area contributed by atoms with E-state index >= 15 is 0 Å². The van der Waals surface area contributed by atoms with Crippen molar-refractivity contribution in [3.8, 4) is 0 Å². The van der Waals surface area contributed by atoms with Gasteiger partial charge in [-0.05, 0) is 40.9 Å². The highest BCUT2D eigenvalue weighted by Gasteiger charge is 2.29. The molecule has 1 aliphatic rings. The van der Waals surface area contributed by atoms with Crippen LogP contribution in [0.3, 0.4) is 0 Å². The molecule has 21 heavy (non-hydrogen) atoms. The number of thiophene rings is 1. The monoisotopic (exact) mass is 324 g/mol. The standard InChI is InChI=1S/C16H18ClFN2S/c1-11-2-3-13(17)14(15(11)18)16(12-4-9-21-10-12)20-7-5-19-6-8-20/h2-4,9-10,16,19H,5-8H2,1H3/t16-/m0/s1. The van der Waals surface area contributed by atoms with Crippen LogP contribution in [0, 0.1) is 12.7 Å². The molecular formula is C16H18ClFN2S. The minimum atomic E-state index is -0.183. The van der Waals surface area contributed by atoms with Gasteiger partial charge in [0.15, 0.2) is 0 Å². The Kier molecular flexibility index (Phi) is 4.60. The number of hydrogen-bond acceptors (Lipinski definition) is 3. The number of hydrogen-bond donors (Lipinski definition) is 1. The molecule has 0 radical (unpaired) electrons. The van der Waals surface area contributed by atoms with Gasteiger partial charge >= 0.3 is 0 Å². The maximum absolute atomic E-state index is 14.7. The molecule has 5 heteroatoms. The van der Waals surface area contributed by atoms with E-state index < -0.39 is 0 Å². The van der Waals surface area contributed by atoms with Crippen molar-refractivity contribution in [1.29, 1.82) is 0 Å². The molecular weight excluding hydrogens is 307 g/mol. The van der Waals surface area contributed by atoms with Gasteiger partial charge in [0.2, 0.25) is 0 Å². The van der Waals surface area contributed by atoms with E-state index in [2.05, 4.69) is 21.7 Å². The van der Waals surface area contributed by atoms with Crippen LogP contribution in [0.15, 0.2) is 29.0 Å². The van der Waals surface area contributed by atoms with E-state index in [0.29, 0.717) is 16.1 Å². The molecule has 1 atom stereocenters. The fourth-order valence-corrected chi connectivity index (χ4v) is 3.79. The molecule has 1 aromatic heterocycles. The number of benzene rings is 1. The Morgan fingerprint density at radius 2 is 2.05 bits per heavy atom. The lowest BCUT2D eigenvalue weighted by Gasteiger charge is -2.35. The van der Waals surface area contributed by atoms with Crippen LogP contribution in [0.25, 0.3) is 0 Å². The smallest absolute Gasteiger partial charge is 0.132 e. The Morgan fingerprint density at radius 3 is 2.71 bits per heavy atom. The summed E-state index contributed by atoms with van der Waals surface area (Å²) in [5, 5.41) is 7.97. The van der Waals surface area contributed by atoms with Crippen molar-refractivity contribution >= 4 is 22.9 Å². The number of aryl methyl sites for hydroxylation is 1. The van der Waals surface area contributed by atoms with E-state index in [1.54, 1.807) is 30.4 Å². The van der Waals surface area contributed by atoms with Crippen LogP contribution in [-0.2, 0) is 0 Å². The van der Waals surface area contributed by atoms with Gasteiger partial charge in [-0.2, -0.15) is 11.3 Å². The Balaban J connectivity index is 2.09. The molecule has 3 rings (SSSR count). The van der Waals surface area contributed by atoms with Gasteiger partial charge in [-0.15, -0.1) is 0 Å². The van der Waals surface area contributed by atoms with E-state index in [1.165, 1.54) is 0 Å². The van der Waals surface area contributed by atoms with Crippen LogP contribution in [0.4, 0.5) is 4.39 Å². The van der Waals surface area contributed by atoms with Crippen molar-refractivity contribution in [2.24, 2.45) is 0 Å². The summed E-state index contributed by atoms with van der Waals surface area (Å²) in [6.07, 6.45) is 0. The average molecular weight is 325 g/mol. The van der Waals surface area contributed by atoms with Gasteiger partial charge in [0, 0.05) is 36.8 Å². The molecule has 1 saturated heterocycles. The largest absolute Gasteiger partial charge is 0.314 e. The van der Waals surface area contributed by atoms with E-state index in [-0.39, 0.29) is 11.9 Å². The molecule has 1 N–H and O–H groups in total. The third-order valence-electron chi connectivity index (χ3n) is 3.97. The van der Waals surface area contributed by atoms with Gasteiger partial charge in [-0.3, -0.25) is 4.90 Å². The lowest BCUT2D eigenvalue weighted by Crippen LogP contribution is -2.45. The van der Waals surface area contributed by atoms with Gasteiger partial charge in [0.1, 0.15) is 5.82 Å². The molecule has 2 heterocycles. The molecule has 1 fully saturated rings. The Bertz CT molecular complexity index is 609. The third kappa shape index (κ3) is 2.99. The highest BCUT2D eigenvalue weighted by molar-refractivity contribution is 7.08.